The quantitative estimate of drug-likeness (QED) is 0.591. The fourth-order valence-electron chi connectivity index (χ4n) is 2.40. The molecule has 0 amide bonds. The van der Waals surface area contributed by atoms with E-state index in [-0.39, 0.29) is 24.8 Å². The second-order valence-corrected chi connectivity index (χ2v) is 9.72. The zero-order valence-electron chi connectivity index (χ0n) is 13.8. The summed E-state index contributed by atoms with van der Waals surface area (Å²) < 4.78 is 55.6. The van der Waals surface area contributed by atoms with Gasteiger partial charge in [-0.05, 0) is 25.7 Å². The van der Waals surface area contributed by atoms with Crippen molar-refractivity contribution in [1.82, 2.24) is 9.03 Å². The van der Waals surface area contributed by atoms with Gasteiger partial charge in [0, 0.05) is 19.6 Å². The highest BCUT2D eigenvalue weighted by Crippen LogP contribution is 2.20. The predicted molar refractivity (Wildman–Crippen MR) is 86.7 cm³/mol. The predicted octanol–water partition coefficient (Wildman–Crippen LogP) is -0.223. The van der Waals surface area contributed by atoms with Crippen LogP contribution in [0, 0.1) is 11.8 Å². The summed E-state index contributed by atoms with van der Waals surface area (Å²) in [6.45, 7) is 4.25. The second kappa shape index (κ2) is 8.41. The van der Waals surface area contributed by atoms with Crippen LogP contribution >= 0.6 is 0 Å². The van der Waals surface area contributed by atoms with E-state index in [2.05, 4.69) is 4.72 Å². The van der Waals surface area contributed by atoms with Gasteiger partial charge in [0.1, 0.15) is 0 Å². The van der Waals surface area contributed by atoms with Gasteiger partial charge < -0.3 is 4.74 Å². The third-order valence-corrected chi connectivity index (χ3v) is 6.62. The molecule has 8 nitrogen and oxygen atoms in total. The highest BCUT2D eigenvalue weighted by atomic mass is 32.2. The Balaban J connectivity index is 2.43. The number of esters is 1. The molecule has 23 heavy (non-hydrogen) atoms. The summed E-state index contributed by atoms with van der Waals surface area (Å²) in [6, 6.07) is 0. The van der Waals surface area contributed by atoms with Crippen LogP contribution in [0.3, 0.4) is 0 Å². The Bertz CT molecular complexity index is 594. The van der Waals surface area contributed by atoms with Gasteiger partial charge in [0.2, 0.25) is 20.0 Å². The van der Waals surface area contributed by atoms with Crippen LogP contribution in [0.2, 0.25) is 0 Å². The molecule has 0 aromatic heterocycles. The number of sulfonamides is 2. The van der Waals surface area contributed by atoms with Gasteiger partial charge in [-0.2, -0.15) is 0 Å². The summed E-state index contributed by atoms with van der Waals surface area (Å²) in [7, 11) is -6.72. The molecule has 0 aromatic carbocycles. The van der Waals surface area contributed by atoms with E-state index in [1.165, 1.54) is 4.31 Å². The molecule has 1 aliphatic heterocycles. The molecule has 1 atom stereocenters. The topological polar surface area (TPSA) is 110 Å². The normalized spacial score (nSPS) is 19.4. The lowest BCUT2D eigenvalue weighted by atomic mass is 10.0. The van der Waals surface area contributed by atoms with Gasteiger partial charge in [0.15, 0.2) is 0 Å². The summed E-state index contributed by atoms with van der Waals surface area (Å²) in [4.78, 5) is 11.5. The summed E-state index contributed by atoms with van der Waals surface area (Å²) in [5.41, 5.74) is 0. The lowest BCUT2D eigenvalue weighted by Crippen LogP contribution is -2.41. The van der Waals surface area contributed by atoms with Crippen LogP contribution in [0.4, 0.5) is 0 Å². The smallest absolute Gasteiger partial charge is 0.309 e. The molecule has 1 aliphatic rings. The van der Waals surface area contributed by atoms with Crippen molar-refractivity contribution in [3.05, 3.63) is 0 Å². The fraction of sp³-hybridized carbons (Fsp3) is 0.923. The van der Waals surface area contributed by atoms with Gasteiger partial charge in [0.25, 0.3) is 0 Å². The molecule has 0 spiro atoms. The third kappa shape index (κ3) is 7.15. The standard InChI is InChI=1S/C13H26N2O6S2/c1-4-21-13(16)11(2)9-14-23(19,20)10-12-5-7-15(8-6-12)22(3,17)18/h11-12,14H,4-10H2,1-3H3/t11-/m1/s1. The van der Waals surface area contributed by atoms with Crippen molar-refractivity contribution in [3.63, 3.8) is 0 Å². The average Bonchev–Trinajstić information content (AvgIpc) is 2.44. The Labute approximate surface area is 138 Å². The third-order valence-electron chi connectivity index (χ3n) is 3.80. The van der Waals surface area contributed by atoms with Crippen LogP contribution in [-0.4, -0.2) is 65.4 Å². The number of hydrogen-bond donors (Lipinski definition) is 1. The maximum absolute atomic E-state index is 12.1. The first-order valence-corrected chi connectivity index (χ1v) is 11.1. The van der Waals surface area contributed by atoms with Crippen molar-refractivity contribution in [2.24, 2.45) is 11.8 Å². The van der Waals surface area contributed by atoms with Crippen molar-refractivity contribution in [2.45, 2.75) is 26.7 Å². The van der Waals surface area contributed by atoms with E-state index >= 15 is 0 Å². The van der Waals surface area contributed by atoms with Gasteiger partial charge in [0.05, 0.1) is 24.5 Å². The number of ether oxygens (including phenoxy) is 1. The molecule has 0 aromatic rings. The summed E-state index contributed by atoms with van der Waals surface area (Å²) >= 11 is 0. The summed E-state index contributed by atoms with van der Waals surface area (Å²) in [5, 5.41) is 0. The molecule has 1 N–H and O–H groups in total. The molecule has 0 bridgehead atoms. The maximum Gasteiger partial charge on any atom is 0.309 e. The Kier molecular flexibility index (Phi) is 7.43. The van der Waals surface area contributed by atoms with Crippen molar-refractivity contribution >= 4 is 26.0 Å². The number of nitrogens with one attached hydrogen (secondary N) is 1. The van der Waals surface area contributed by atoms with Crippen LogP contribution in [-0.2, 0) is 29.6 Å². The fourth-order valence-corrected chi connectivity index (χ4v) is 4.85. The van der Waals surface area contributed by atoms with E-state index in [4.69, 9.17) is 4.74 Å². The lowest BCUT2D eigenvalue weighted by Gasteiger charge is -2.30. The number of carbonyl (C=O) groups is 1. The molecule has 0 saturated carbocycles. The largest absolute Gasteiger partial charge is 0.466 e. The molecule has 1 rings (SSSR count). The summed E-state index contributed by atoms with van der Waals surface area (Å²) in [6.07, 6.45) is 2.19. The molecule has 1 fully saturated rings. The molecule has 1 saturated heterocycles. The number of carbonyl (C=O) groups excluding carboxylic acids is 1. The number of nitrogens with zero attached hydrogens (tertiary/aromatic N) is 1. The van der Waals surface area contributed by atoms with Crippen LogP contribution in [0.15, 0.2) is 0 Å². The van der Waals surface area contributed by atoms with E-state index < -0.39 is 31.9 Å². The first kappa shape index (κ1) is 20.3. The van der Waals surface area contributed by atoms with E-state index in [0.717, 1.165) is 6.26 Å². The van der Waals surface area contributed by atoms with Crippen LogP contribution in [0.25, 0.3) is 0 Å². The van der Waals surface area contributed by atoms with Crippen molar-refractivity contribution in [1.29, 1.82) is 0 Å². The highest BCUT2D eigenvalue weighted by Gasteiger charge is 2.28. The average molecular weight is 370 g/mol. The minimum Gasteiger partial charge on any atom is -0.466 e. The van der Waals surface area contributed by atoms with E-state index in [1.807, 2.05) is 0 Å². The Morgan fingerprint density at radius 3 is 2.30 bits per heavy atom. The minimum atomic E-state index is -3.50. The zero-order chi connectivity index (χ0) is 17.7. The first-order chi connectivity index (χ1) is 10.5. The molecular weight excluding hydrogens is 344 g/mol. The molecule has 0 radical (unpaired) electrons. The van der Waals surface area contributed by atoms with Crippen molar-refractivity contribution < 1.29 is 26.4 Å². The molecule has 1 heterocycles. The maximum atomic E-state index is 12.1. The zero-order valence-corrected chi connectivity index (χ0v) is 15.5. The first-order valence-electron chi connectivity index (χ1n) is 7.64. The van der Waals surface area contributed by atoms with Crippen LogP contribution in [0.1, 0.15) is 26.7 Å². The van der Waals surface area contributed by atoms with E-state index in [9.17, 15) is 21.6 Å². The van der Waals surface area contributed by atoms with Gasteiger partial charge >= 0.3 is 5.97 Å². The molecule has 136 valence electrons. The van der Waals surface area contributed by atoms with Gasteiger partial charge in [-0.15, -0.1) is 0 Å². The molecule has 10 heteroatoms. The highest BCUT2D eigenvalue weighted by molar-refractivity contribution is 7.89. The second-order valence-electron chi connectivity index (χ2n) is 5.89. The van der Waals surface area contributed by atoms with Gasteiger partial charge in [-0.3, -0.25) is 4.79 Å². The Morgan fingerprint density at radius 2 is 1.83 bits per heavy atom. The van der Waals surface area contributed by atoms with Gasteiger partial charge in [-0.25, -0.2) is 25.9 Å². The minimum absolute atomic E-state index is 0.00332. The van der Waals surface area contributed by atoms with E-state index in [0.29, 0.717) is 25.9 Å². The monoisotopic (exact) mass is 370 g/mol. The van der Waals surface area contributed by atoms with Crippen molar-refractivity contribution in [3.8, 4) is 0 Å². The van der Waals surface area contributed by atoms with Crippen LogP contribution < -0.4 is 4.72 Å². The number of hydrogen-bond acceptors (Lipinski definition) is 6. The SMILES string of the molecule is CCOC(=O)[C@H](C)CNS(=O)(=O)CC1CCN(S(C)(=O)=O)CC1. The Hall–Kier alpha value is -0.710. The Morgan fingerprint density at radius 1 is 1.26 bits per heavy atom. The molecule has 0 aliphatic carbocycles. The lowest BCUT2D eigenvalue weighted by molar-refractivity contribution is -0.147. The van der Waals surface area contributed by atoms with Crippen molar-refractivity contribution in [2.75, 3.05) is 38.2 Å². The molecule has 0 unspecified atom stereocenters. The van der Waals surface area contributed by atoms with Gasteiger partial charge in [-0.1, -0.05) is 6.92 Å². The molecular formula is C13H26N2O6S2. The summed E-state index contributed by atoms with van der Waals surface area (Å²) in [5.74, 6) is -1.11. The number of rotatable bonds is 8. The van der Waals surface area contributed by atoms with Crippen LogP contribution in [0.5, 0.6) is 0 Å². The number of piperidine rings is 1. The van der Waals surface area contributed by atoms with E-state index in [1.54, 1.807) is 13.8 Å².